The highest BCUT2D eigenvalue weighted by atomic mass is 19.2. The molecule has 5 heteroatoms. The molecule has 0 aliphatic rings. The molecule has 2 aromatic rings. The number of carbonyl (C=O) groups is 1. The Labute approximate surface area is 134 Å². The van der Waals surface area contributed by atoms with E-state index in [-0.39, 0.29) is 23.6 Å². The van der Waals surface area contributed by atoms with Gasteiger partial charge in [-0.15, -0.1) is 0 Å². The minimum Gasteiger partial charge on any atom is -0.376 e. The molecule has 0 aliphatic carbocycles. The molecule has 2 N–H and O–H groups in total. The first kappa shape index (κ1) is 16.9. The molecule has 0 bridgehead atoms. The Morgan fingerprint density at radius 1 is 0.957 bits per heavy atom. The molecule has 0 atom stereocenters. The molecule has 0 aromatic heterocycles. The van der Waals surface area contributed by atoms with Gasteiger partial charge < -0.3 is 10.6 Å². The van der Waals surface area contributed by atoms with E-state index in [4.69, 9.17) is 0 Å². The molecule has 0 radical (unpaired) electrons. The summed E-state index contributed by atoms with van der Waals surface area (Å²) in [5.74, 6) is -2.27. The summed E-state index contributed by atoms with van der Waals surface area (Å²) in [5.41, 5.74) is 2.31. The smallest absolute Gasteiger partial charge is 0.243 e. The number of amides is 1. The zero-order valence-electron chi connectivity index (χ0n) is 13.4. The van der Waals surface area contributed by atoms with Crippen LogP contribution >= 0.6 is 0 Å². The molecule has 0 unspecified atom stereocenters. The first-order chi connectivity index (χ1) is 10.8. The number of anilines is 2. The minimum absolute atomic E-state index is 0.0356. The Hall–Kier alpha value is -2.43. The Bertz CT molecular complexity index is 691. The normalized spacial score (nSPS) is 11.2. The van der Waals surface area contributed by atoms with E-state index in [0.717, 1.165) is 17.8 Å². The lowest BCUT2D eigenvalue weighted by molar-refractivity contribution is -0.114. The maximum Gasteiger partial charge on any atom is 0.243 e. The Morgan fingerprint density at radius 2 is 1.57 bits per heavy atom. The van der Waals surface area contributed by atoms with Gasteiger partial charge >= 0.3 is 0 Å². The first-order valence-electron chi connectivity index (χ1n) is 7.35. The SMILES string of the molecule is CC(C)(C)c1ccc(NCC(=O)Nc2ccc(F)c(F)c2)cc1. The highest BCUT2D eigenvalue weighted by molar-refractivity contribution is 5.93. The standard InChI is InChI=1S/C18H20F2N2O/c1-18(2,3)12-4-6-13(7-5-12)21-11-17(23)22-14-8-9-15(19)16(20)10-14/h4-10,21H,11H2,1-3H3,(H,22,23). The van der Waals surface area contributed by atoms with Gasteiger partial charge in [0.05, 0.1) is 6.54 Å². The van der Waals surface area contributed by atoms with E-state index in [0.29, 0.717) is 0 Å². The molecule has 1 amide bonds. The number of halogens is 2. The Morgan fingerprint density at radius 3 is 2.13 bits per heavy atom. The maximum atomic E-state index is 13.1. The summed E-state index contributed by atoms with van der Waals surface area (Å²) in [6.07, 6.45) is 0. The molecule has 0 aliphatic heterocycles. The van der Waals surface area contributed by atoms with Crippen LogP contribution in [0, 0.1) is 11.6 Å². The van der Waals surface area contributed by atoms with Gasteiger partial charge in [0.15, 0.2) is 11.6 Å². The fourth-order valence-corrected chi connectivity index (χ4v) is 2.05. The largest absolute Gasteiger partial charge is 0.376 e. The molecule has 2 aromatic carbocycles. The third-order valence-corrected chi connectivity index (χ3v) is 3.41. The molecule has 2 rings (SSSR count). The summed E-state index contributed by atoms with van der Waals surface area (Å²) in [5, 5.41) is 5.50. The van der Waals surface area contributed by atoms with Crippen molar-refractivity contribution < 1.29 is 13.6 Å². The molecule has 0 saturated carbocycles. The van der Waals surface area contributed by atoms with Crippen molar-refractivity contribution in [2.24, 2.45) is 0 Å². The van der Waals surface area contributed by atoms with Crippen molar-refractivity contribution in [1.29, 1.82) is 0 Å². The third-order valence-electron chi connectivity index (χ3n) is 3.41. The molecule has 0 fully saturated rings. The molecule has 122 valence electrons. The van der Waals surface area contributed by atoms with Crippen molar-refractivity contribution in [3.8, 4) is 0 Å². The van der Waals surface area contributed by atoms with Crippen LogP contribution < -0.4 is 10.6 Å². The number of rotatable bonds is 4. The molecule has 0 spiro atoms. The fraction of sp³-hybridized carbons (Fsp3) is 0.278. The van der Waals surface area contributed by atoms with Crippen molar-refractivity contribution in [3.63, 3.8) is 0 Å². The second kappa shape index (κ2) is 6.77. The lowest BCUT2D eigenvalue weighted by Gasteiger charge is -2.19. The lowest BCUT2D eigenvalue weighted by atomic mass is 9.87. The van der Waals surface area contributed by atoms with Gasteiger partial charge in [0.2, 0.25) is 5.91 Å². The van der Waals surface area contributed by atoms with Crippen molar-refractivity contribution in [2.75, 3.05) is 17.2 Å². The number of hydrogen-bond acceptors (Lipinski definition) is 2. The van der Waals surface area contributed by atoms with E-state index in [2.05, 4.69) is 31.4 Å². The number of hydrogen-bond donors (Lipinski definition) is 2. The Kier molecular flexibility index (Phi) is 4.98. The second-order valence-electron chi connectivity index (χ2n) is 6.36. The number of benzene rings is 2. The lowest BCUT2D eigenvalue weighted by Crippen LogP contribution is -2.22. The van der Waals surface area contributed by atoms with E-state index in [1.807, 2.05) is 24.3 Å². The topological polar surface area (TPSA) is 41.1 Å². The van der Waals surface area contributed by atoms with E-state index < -0.39 is 11.6 Å². The van der Waals surface area contributed by atoms with Gasteiger partial charge in [-0.05, 0) is 35.2 Å². The predicted octanol–water partition coefficient (Wildman–Crippen LogP) is 4.31. The highest BCUT2D eigenvalue weighted by Crippen LogP contribution is 2.23. The molecule has 0 saturated heterocycles. The maximum absolute atomic E-state index is 13.1. The van der Waals surface area contributed by atoms with Crippen LogP contribution in [-0.4, -0.2) is 12.5 Å². The second-order valence-corrected chi connectivity index (χ2v) is 6.36. The molecule has 3 nitrogen and oxygen atoms in total. The summed E-state index contributed by atoms with van der Waals surface area (Å²) in [6, 6.07) is 11.1. The Balaban J connectivity index is 1.90. The molecular formula is C18H20F2N2O. The van der Waals surface area contributed by atoms with Gasteiger partial charge in [0.1, 0.15) is 0 Å². The predicted molar refractivity (Wildman–Crippen MR) is 88.6 cm³/mol. The van der Waals surface area contributed by atoms with Crippen LogP contribution in [-0.2, 0) is 10.2 Å². The van der Waals surface area contributed by atoms with Crippen molar-refractivity contribution in [2.45, 2.75) is 26.2 Å². The van der Waals surface area contributed by atoms with Crippen molar-refractivity contribution in [1.82, 2.24) is 0 Å². The number of carbonyl (C=O) groups excluding carboxylic acids is 1. The van der Waals surface area contributed by atoms with Gasteiger partial charge in [0.25, 0.3) is 0 Å². The highest BCUT2D eigenvalue weighted by Gasteiger charge is 2.13. The third kappa shape index (κ3) is 4.77. The van der Waals surface area contributed by atoms with Crippen LogP contribution in [0.5, 0.6) is 0 Å². The average Bonchev–Trinajstić information content (AvgIpc) is 2.48. The molecular weight excluding hydrogens is 298 g/mol. The summed E-state index contributed by atoms with van der Waals surface area (Å²) >= 11 is 0. The number of nitrogens with one attached hydrogen (secondary N) is 2. The summed E-state index contributed by atoms with van der Waals surface area (Å²) in [4.78, 5) is 11.8. The minimum atomic E-state index is -0.992. The first-order valence-corrected chi connectivity index (χ1v) is 7.35. The van der Waals surface area contributed by atoms with Gasteiger partial charge in [-0.2, -0.15) is 0 Å². The monoisotopic (exact) mass is 318 g/mol. The van der Waals surface area contributed by atoms with E-state index in [1.165, 1.54) is 11.6 Å². The quantitative estimate of drug-likeness (QED) is 0.882. The summed E-state index contributed by atoms with van der Waals surface area (Å²) < 4.78 is 25.9. The molecule has 23 heavy (non-hydrogen) atoms. The summed E-state index contributed by atoms with van der Waals surface area (Å²) in [7, 11) is 0. The van der Waals surface area contributed by atoms with Crippen molar-refractivity contribution in [3.05, 3.63) is 59.7 Å². The van der Waals surface area contributed by atoms with Gasteiger partial charge in [-0.25, -0.2) is 8.78 Å². The van der Waals surface area contributed by atoms with Gasteiger partial charge in [-0.3, -0.25) is 4.79 Å². The van der Waals surface area contributed by atoms with Crippen LogP contribution in [0.1, 0.15) is 26.3 Å². The van der Waals surface area contributed by atoms with E-state index in [9.17, 15) is 13.6 Å². The van der Waals surface area contributed by atoms with Crippen LogP contribution in [0.15, 0.2) is 42.5 Å². The summed E-state index contributed by atoms with van der Waals surface area (Å²) in [6.45, 7) is 6.42. The van der Waals surface area contributed by atoms with E-state index >= 15 is 0 Å². The van der Waals surface area contributed by atoms with Crippen molar-refractivity contribution >= 4 is 17.3 Å². The van der Waals surface area contributed by atoms with Crippen LogP contribution in [0.2, 0.25) is 0 Å². The average molecular weight is 318 g/mol. The fourth-order valence-electron chi connectivity index (χ4n) is 2.05. The van der Waals surface area contributed by atoms with Gasteiger partial charge in [0, 0.05) is 17.4 Å². The van der Waals surface area contributed by atoms with Crippen LogP contribution in [0.25, 0.3) is 0 Å². The zero-order valence-corrected chi connectivity index (χ0v) is 13.4. The zero-order chi connectivity index (χ0) is 17.0. The van der Waals surface area contributed by atoms with Gasteiger partial charge in [-0.1, -0.05) is 32.9 Å². The van der Waals surface area contributed by atoms with Crippen LogP contribution in [0.3, 0.4) is 0 Å². The molecule has 0 heterocycles. The van der Waals surface area contributed by atoms with Crippen LogP contribution in [0.4, 0.5) is 20.2 Å². The van der Waals surface area contributed by atoms with E-state index in [1.54, 1.807) is 0 Å².